The maximum Gasteiger partial charge on any atom is 0.123 e. The number of aliphatic hydroxyl groups excluding tert-OH is 1. The molecule has 0 spiro atoms. The average molecular weight is 199 g/mol. The second-order valence-electron chi connectivity index (χ2n) is 4.74. The molecule has 0 aromatic carbocycles. The zero-order chi connectivity index (χ0) is 10.6. The summed E-state index contributed by atoms with van der Waals surface area (Å²) < 4.78 is 5.38. The first-order valence-corrected chi connectivity index (χ1v) is 5.25. The van der Waals surface area contributed by atoms with Crippen LogP contribution in [-0.2, 0) is 4.74 Å². The van der Waals surface area contributed by atoms with Crippen molar-refractivity contribution in [2.75, 3.05) is 13.2 Å². The second kappa shape index (κ2) is 4.80. The average Bonchev–Trinajstić information content (AvgIpc) is 2.14. The van der Waals surface area contributed by atoms with Crippen molar-refractivity contribution in [1.29, 1.82) is 0 Å². The molecule has 0 aromatic rings. The summed E-state index contributed by atoms with van der Waals surface area (Å²) in [6.07, 6.45) is 3.55. The van der Waals surface area contributed by atoms with Crippen molar-refractivity contribution in [2.45, 2.75) is 45.3 Å². The van der Waals surface area contributed by atoms with Crippen molar-refractivity contribution in [2.24, 2.45) is 0 Å². The molecule has 0 saturated heterocycles. The fraction of sp³-hybridized carbons (Fsp3) is 0.818. The topological polar surface area (TPSA) is 41.5 Å². The number of aliphatic hydroxyl groups is 1. The van der Waals surface area contributed by atoms with E-state index in [1.165, 1.54) is 0 Å². The van der Waals surface area contributed by atoms with Crippen molar-refractivity contribution in [3.05, 3.63) is 11.8 Å². The van der Waals surface area contributed by atoms with Gasteiger partial charge in [-0.15, -0.1) is 0 Å². The van der Waals surface area contributed by atoms with E-state index in [0.717, 1.165) is 25.2 Å². The molecule has 0 amide bonds. The van der Waals surface area contributed by atoms with Gasteiger partial charge in [0.25, 0.3) is 0 Å². The molecule has 1 heterocycles. The van der Waals surface area contributed by atoms with Gasteiger partial charge in [-0.05, 0) is 39.7 Å². The van der Waals surface area contributed by atoms with Gasteiger partial charge in [0.05, 0.1) is 6.61 Å². The van der Waals surface area contributed by atoms with E-state index < -0.39 is 6.10 Å². The van der Waals surface area contributed by atoms with Crippen molar-refractivity contribution >= 4 is 0 Å². The summed E-state index contributed by atoms with van der Waals surface area (Å²) >= 11 is 0. The molecule has 3 heteroatoms. The summed E-state index contributed by atoms with van der Waals surface area (Å²) in [4.78, 5) is 0. The molecule has 3 nitrogen and oxygen atoms in total. The Kier molecular flexibility index (Phi) is 3.96. The second-order valence-corrected chi connectivity index (χ2v) is 4.74. The lowest BCUT2D eigenvalue weighted by Crippen LogP contribution is -2.41. The Hall–Kier alpha value is -0.540. The molecule has 1 rings (SSSR count). The van der Waals surface area contributed by atoms with Gasteiger partial charge in [0.15, 0.2) is 0 Å². The molecule has 1 atom stereocenters. The fourth-order valence-corrected chi connectivity index (χ4v) is 1.31. The summed E-state index contributed by atoms with van der Waals surface area (Å²) in [5.74, 6) is 0.730. The van der Waals surface area contributed by atoms with E-state index >= 15 is 0 Å². The van der Waals surface area contributed by atoms with Gasteiger partial charge in [-0.1, -0.05) is 0 Å². The third-order valence-corrected chi connectivity index (χ3v) is 2.12. The van der Waals surface area contributed by atoms with Crippen LogP contribution in [-0.4, -0.2) is 29.9 Å². The molecule has 0 radical (unpaired) electrons. The minimum Gasteiger partial charge on any atom is -0.495 e. The third-order valence-electron chi connectivity index (χ3n) is 2.12. The van der Waals surface area contributed by atoms with Crippen LogP contribution in [0.1, 0.15) is 33.6 Å². The molecular weight excluding hydrogens is 178 g/mol. The van der Waals surface area contributed by atoms with E-state index in [9.17, 15) is 5.11 Å². The smallest absolute Gasteiger partial charge is 0.123 e. The normalized spacial score (nSPS) is 19.9. The minimum atomic E-state index is -0.505. The molecule has 0 bridgehead atoms. The molecular formula is C11H21NO2. The van der Waals surface area contributed by atoms with Crippen LogP contribution in [0.3, 0.4) is 0 Å². The number of nitrogens with one attached hydrogen (secondary N) is 1. The van der Waals surface area contributed by atoms with Crippen LogP contribution in [0, 0.1) is 0 Å². The summed E-state index contributed by atoms with van der Waals surface area (Å²) in [6, 6.07) is 0. The first-order valence-electron chi connectivity index (χ1n) is 5.25. The fourth-order valence-electron chi connectivity index (χ4n) is 1.31. The van der Waals surface area contributed by atoms with Crippen molar-refractivity contribution < 1.29 is 9.84 Å². The quantitative estimate of drug-likeness (QED) is 0.722. The molecule has 1 unspecified atom stereocenters. The Morgan fingerprint density at radius 2 is 2.29 bits per heavy atom. The number of rotatable bonds is 3. The number of hydrogen-bond acceptors (Lipinski definition) is 3. The number of β-amino-alcohol motifs (C(OH)–C–C–N with tert-alkyl or cyclic N) is 1. The highest BCUT2D eigenvalue weighted by molar-refractivity contribution is 5.03. The zero-order valence-corrected chi connectivity index (χ0v) is 9.34. The van der Waals surface area contributed by atoms with Gasteiger partial charge in [-0.25, -0.2) is 0 Å². The first kappa shape index (κ1) is 11.5. The van der Waals surface area contributed by atoms with Crippen LogP contribution >= 0.6 is 0 Å². The van der Waals surface area contributed by atoms with Crippen molar-refractivity contribution in [3.8, 4) is 0 Å². The van der Waals surface area contributed by atoms with E-state index in [0.29, 0.717) is 6.54 Å². The van der Waals surface area contributed by atoms with Crippen molar-refractivity contribution in [3.63, 3.8) is 0 Å². The highest BCUT2D eigenvalue weighted by atomic mass is 16.5. The maximum atomic E-state index is 9.78. The molecule has 82 valence electrons. The number of hydrogen-bond donors (Lipinski definition) is 2. The minimum absolute atomic E-state index is 0.0379. The van der Waals surface area contributed by atoms with Gasteiger partial charge in [0, 0.05) is 12.1 Å². The van der Waals surface area contributed by atoms with Gasteiger partial charge < -0.3 is 15.2 Å². The first-order chi connectivity index (χ1) is 6.49. The Bertz CT molecular complexity index is 206. The Labute approximate surface area is 86.2 Å². The molecule has 0 saturated carbocycles. The van der Waals surface area contributed by atoms with Crippen molar-refractivity contribution in [1.82, 2.24) is 5.32 Å². The van der Waals surface area contributed by atoms with Crippen LogP contribution in [0.15, 0.2) is 11.8 Å². The molecule has 0 aliphatic carbocycles. The molecule has 0 fully saturated rings. The molecule has 1 aliphatic rings. The summed E-state index contributed by atoms with van der Waals surface area (Å²) in [5.41, 5.74) is 0.0379. The van der Waals surface area contributed by atoms with Gasteiger partial charge in [-0.2, -0.15) is 0 Å². The molecule has 14 heavy (non-hydrogen) atoms. The van der Waals surface area contributed by atoms with E-state index in [4.69, 9.17) is 4.74 Å². The van der Waals surface area contributed by atoms with Crippen LogP contribution in [0.2, 0.25) is 0 Å². The predicted molar refractivity (Wildman–Crippen MR) is 57.0 cm³/mol. The van der Waals surface area contributed by atoms with Gasteiger partial charge >= 0.3 is 0 Å². The maximum absolute atomic E-state index is 9.78. The van der Waals surface area contributed by atoms with E-state index in [-0.39, 0.29) is 5.54 Å². The lowest BCUT2D eigenvalue weighted by molar-refractivity contribution is 0.0871. The SMILES string of the molecule is CC(C)(C)NCC(O)C1=CCCCO1. The van der Waals surface area contributed by atoms with E-state index in [2.05, 4.69) is 26.1 Å². The zero-order valence-electron chi connectivity index (χ0n) is 9.34. The Morgan fingerprint density at radius 1 is 1.57 bits per heavy atom. The predicted octanol–water partition coefficient (Wildman–Crippen LogP) is 1.43. The molecule has 1 aliphatic heterocycles. The van der Waals surface area contributed by atoms with Crippen LogP contribution in [0.25, 0.3) is 0 Å². The van der Waals surface area contributed by atoms with Gasteiger partial charge in [0.1, 0.15) is 11.9 Å². The van der Waals surface area contributed by atoms with E-state index in [1.54, 1.807) is 0 Å². The lowest BCUT2D eigenvalue weighted by Gasteiger charge is -2.25. The largest absolute Gasteiger partial charge is 0.495 e. The van der Waals surface area contributed by atoms with E-state index in [1.807, 2.05) is 6.08 Å². The molecule has 0 aromatic heterocycles. The Balaban J connectivity index is 2.34. The highest BCUT2D eigenvalue weighted by Gasteiger charge is 2.17. The van der Waals surface area contributed by atoms with Crippen LogP contribution in [0.5, 0.6) is 0 Å². The molecule has 2 N–H and O–H groups in total. The summed E-state index contributed by atoms with van der Waals surface area (Å²) in [5, 5.41) is 13.0. The highest BCUT2D eigenvalue weighted by Crippen LogP contribution is 2.13. The van der Waals surface area contributed by atoms with Crippen LogP contribution < -0.4 is 5.32 Å². The van der Waals surface area contributed by atoms with Crippen LogP contribution in [0.4, 0.5) is 0 Å². The monoisotopic (exact) mass is 199 g/mol. The van der Waals surface area contributed by atoms with Gasteiger partial charge in [-0.3, -0.25) is 0 Å². The van der Waals surface area contributed by atoms with Gasteiger partial charge in [0.2, 0.25) is 0 Å². The lowest BCUT2D eigenvalue weighted by atomic mass is 10.1. The third kappa shape index (κ3) is 4.11. The summed E-state index contributed by atoms with van der Waals surface area (Å²) in [6.45, 7) is 7.52. The number of ether oxygens (including phenoxy) is 1. The Morgan fingerprint density at radius 3 is 2.79 bits per heavy atom. The summed E-state index contributed by atoms with van der Waals surface area (Å²) in [7, 11) is 0. The standard InChI is InChI=1S/C11H21NO2/c1-11(2,3)12-8-9(13)10-6-4-5-7-14-10/h6,9,12-13H,4-5,7-8H2,1-3H3. The number of allylic oxidation sites excluding steroid dienone is 1.